The highest BCUT2D eigenvalue weighted by atomic mass is 32.2. The number of anilines is 2. The van der Waals surface area contributed by atoms with Gasteiger partial charge in [0.2, 0.25) is 0 Å². The predicted molar refractivity (Wildman–Crippen MR) is 139 cm³/mol. The summed E-state index contributed by atoms with van der Waals surface area (Å²) in [6.07, 6.45) is 7.47. The van der Waals surface area contributed by atoms with Crippen LogP contribution < -0.4 is 10.0 Å². The van der Waals surface area contributed by atoms with Gasteiger partial charge in [-0.2, -0.15) is 0 Å². The van der Waals surface area contributed by atoms with Crippen molar-refractivity contribution >= 4 is 34.2 Å². The zero-order valence-corrected chi connectivity index (χ0v) is 19.0. The van der Waals surface area contributed by atoms with E-state index in [1.165, 1.54) is 11.9 Å². The van der Waals surface area contributed by atoms with Crippen molar-refractivity contribution in [3.63, 3.8) is 0 Å². The number of rotatable bonds is 7. The minimum Gasteiger partial charge on any atom is -0.364 e. The Labute approximate surface area is 197 Å². The smallest absolute Gasteiger partial charge is 0.135 e. The van der Waals surface area contributed by atoms with E-state index in [0.29, 0.717) is 6.54 Å². The van der Waals surface area contributed by atoms with E-state index in [0.717, 1.165) is 50.4 Å². The fourth-order valence-electron chi connectivity index (χ4n) is 3.88. The summed E-state index contributed by atoms with van der Waals surface area (Å²) in [6.45, 7) is 0.585. The van der Waals surface area contributed by atoms with E-state index < -0.39 is 0 Å². The second-order valence-corrected chi connectivity index (χ2v) is 8.18. The van der Waals surface area contributed by atoms with Gasteiger partial charge in [-0.3, -0.25) is 9.97 Å². The lowest BCUT2D eigenvalue weighted by Gasteiger charge is -2.15. The van der Waals surface area contributed by atoms with Gasteiger partial charge in [0.05, 0.1) is 29.8 Å². The summed E-state index contributed by atoms with van der Waals surface area (Å²) in [5.74, 6) is 0.829. The molecule has 0 saturated carbocycles. The number of nitrogens with zero attached hydrogens (tertiary/aromatic N) is 3. The Morgan fingerprint density at radius 1 is 0.848 bits per heavy atom. The highest BCUT2D eigenvalue weighted by Gasteiger charge is 2.13. The number of hydrogen-bond donors (Lipinski definition) is 2. The van der Waals surface area contributed by atoms with E-state index in [4.69, 9.17) is 4.98 Å². The first-order valence-electron chi connectivity index (χ1n) is 10.7. The maximum absolute atomic E-state index is 5.06. The van der Waals surface area contributed by atoms with E-state index in [-0.39, 0.29) is 0 Å². The first kappa shape index (κ1) is 21.0. The van der Waals surface area contributed by atoms with Crippen molar-refractivity contribution in [2.75, 3.05) is 16.3 Å². The van der Waals surface area contributed by atoms with Gasteiger partial charge in [0.15, 0.2) is 0 Å². The van der Waals surface area contributed by atoms with E-state index in [9.17, 15) is 0 Å². The van der Waals surface area contributed by atoms with Crippen LogP contribution in [0.1, 0.15) is 5.69 Å². The van der Waals surface area contributed by atoms with Crippen molar-refractivity contribution in [2.24, 2.45) is 0 Å². The van der Waals surface area contributed by atoms with E-state index in [1.807, 2.05) is 49.1 Å². The molecule has 0 unspecified atom stereocenters. The molecule has 0 saturated heterocycles. The topological polar surface area (TPSA) is 62.7 Å². The zero-order chi connectivity index (χ0) is 22.5. The molecular formula is C27H23N5S. The summed E-state index contributed by atoms with van der Waals surface area (Å²) in [7, 11) is 0. The molecule has 0 aliphatic carbocycles. The Kier molecular flexibility index (Phi) is 6.17. The molecule has 162 valence electrons. The van der Waals surface area contributed by atoms with Crippen LogP contribution in [0, 0.1) is 0 Å². The molecule has 5 rings (SSSR count). The van der Waals surface area contributed by atoms with Gasteiger partial charge in [0.1, 0.15) is 5.82 Å². The van der Waals surface area contributed by atoms with Gasteiger partial charge in [-0.15, -0.1) is 0 Å². The van der Waals surface area contributed by atoms with Gasteiger partial charge >= 0.3 is 0 Å². The molecule has 0 fully saturated rings. The van der Waals surface area contributed by atoms with Crippen molar-refractivity contribution in [3.05, 3.63) is 103 Å². The zero-order valence-electron chi connectivity index (χ0n) is 18.2. The fraction of sp³-hybridized carbons (Fsp3) is 0.0741. The second-order valence-electron chi connectivity index (χ2n) is 7.57. The first-order chi connectivity index (χ1) is 16.3. The molecule has 3 aromatic heterocycles. The molecule has 5 nitrogen and oxygen atoms in total. The summed E-state index contributed by atoms with van der Waals surface area (Å²) < 4.78 is 3.25. The highest BCUT2D eigenvalue weighted by Crippen LogP contribution is 2.36. The molecule has 0 radical (unpaired) electrons. The van der Waals surface area contributed by atoms with Crippen LogP contribution in [0.15, 0.2) is 97.5 Å². The third-order valence-electron chi connectivity index (χ3n) is 5.36. The molecule has 0 bridgehead atoms. The van der Waals surface area contributed by atoms with Gasteiger partial charge in [-0.25, -0.2) is 4.98 Å². The lowest BCUT2D eigenvalue weighted by atomic mass is 9.97. The molecule has 2 aromatic carbocycles. The van der Waals surface area contributed by atoms with Gasteiger partial charge < -0.3 is 10.0 Å². The number of pyridine rings is 3. The quantitative estimate of drug-likeness (QED) is 0.271. The molecule has 3 heterocycles. The van der Waals surface area contributed by atoms with Crippen LogP contribution in [0.2, 0.25) is 0 Å². The molecular weight excluding hydrogens is 426 g/mol. The minimum atomic E-state index is 0.585. The maximum atomic E-state index is 5.06. The molecule has 2 N–H and O–H groups in total. The van der Waals surface area contributed by atoms with Crippen LogP contribution in [-0.2, 0) is 6.54 Å². The summed E-state index contributed by atoms with van der Waals surface area (Å²) in [5, 5.41) is 5.76. The molecule has 0 spiro atoms. The van der Waals surface area contributed by atoms with Crippen LogP contribution in [0.5, 0.6) is 0 Å². The summed E-state index contributed by atoms with van der Waals surface area (Å²) in [4.78, 5) is 13.9. The Hall–Kier alpha value is -3.90. The minimum absolute atomic E-state index is 0.585. The van der Waals surface area contributed by atoms with Crippen LogP contribution in [0.25, 0.3) is 33.2 Å². The average Bonchev–Trinajstić information content (AvgIpc) is 2.88. The van der Waals surface area contributed by atoms with Crippen LogP contribution in [0.3, 0.4) is 0 Å². The van der Waals surface area contributed by atoms with Gasteiger partial charge in [-0.05, 0) is 40.8 Å². The Morgan fingerprint density at radius 3 is 2.55 bits per heavy atom. The Morgan fingerprint density at radius 2 is 1.73 bits per heavy atom. The second kappa shape index (κ2) is 9.71. The summed E-state index contributed by atoms with van der Waals surface area (Å²) >= 11 is 1.54. The van der Waals surface area contributed by atoms with Crippen LogP contribution >= 0.6 is 11.9 Å². The standard InChI is InChI=1S/C27H23N5S/c1-33-32-23-14-21(16-28-17-23)25-15-20-10-7-12-24(19-8-3-2-4-9-19)26(20)27(31-25)30-18-22-11-5-6-13-29-22/h2-17,32H,18H2,1H3,(H,30,31). The normalized spacial score (nSPS) is 10.8. The van der Waals surface area contributed by atoms with Gasteiger partial charge in [-0.1, -0.05) is 66.5 Å². The van der Waals surface area contributed by atoms with Crippen LogP contribution in [-0.4, -0.2) is 21.2 Å². The number of hydrogen-bond acceptors (Lipinski definition) is 6. The van der Waals surface area contributed by atoms with Crippen molar-refractivity contribution in [2.45, 2.75) is 6.54 Å². The summed E-state index contributed by atoms with van der Waals surface area (Å²) in [5.41, 5.74) is 6.04. The average molecular weight is 450 g/mol. The molecule has 33 heavy (non-hydrogen) atoms. The Bertz CT molecular complexity index is 1370. The number of fused-ring (bicyclic) bond motifs is 1. The van der Waals surface area contributed by atoms with Crippen molar-refractivity contribution in [1.29, 1.82) is 0 Å². The Balaban J connectivity index is 1.66. The highest BCUT2D eigenvalue weighted by molar-refractivity contribution is 7.99. The maximum Gasteiger partial charge on any atom is 0.135 e. The lowest BCUT2D eigenvalue weighted by Crippen LogP contribution is -2.05. The van der Waals surface area contributed by atoms with E-state index in [2.05, 4.69) is 74.6 Å². The lowest BCUT2D eigenvalue weighted by molar-refractivity contribution is 1.03. The van der Waals surface area contributed by atoms with Crippen molar-refractivity contribution in [1.82, 2.24) is 15.0 Å². The number of aromatic nitrogens is 3. The molecule has 6 heteroatoms. The molecule has 0 atom stereocenters. The predicted octanol–water partition coefficient (Wildman–Crippen LogP) is 6.66. The van der Waals surface area contributed by atoms with Crippen molar-refractivity contribution < 1.29 is 0 Å². The number of nitrogens with one attached hydrogen (secondary N) is 2. The van der Waals surface area contributed by atoms with Crippen LogP contribution in [0.4, 0.5) is 11.5 Å². The van der Waals surface area contributed by atoms with Crippen molar-refractivity contribution in [3.8, 4) is 22.4 Å². The molecule has 0 amide bonds. The van der Waals surface area contributed by atoms with Gasteiger partial charge in [0.25, 0.3) is 0 Å². The molecule has 0 aliphatic heterocycles. The third kappa shape index (κ3) is 4.66. The largest absolute Gasteiger partial charge is 0.364 e. The third-order valence-corrected chi connectivity index (χ3v) is 5.80. The number of benzene rings is 2. The molecule has 5 aromatic rings. The first-order valence-corrected chi connectivity index (χ1v) is 11.9. The van der Waals surface area contributed by atoms with E-state index in [1.54, 1.807) is 0 Å². The van der Waals surface area contributed by atoms with E-state index >= 15 is 0 Å². The fourth-order valence-corrected chi connectivity index (χ4v) is 4.22. The van der Waals surface area contributed by atoms with Gasteiger partial charge in [0, 0.05) is 29.6 Å². The molecule has 0 aliphatic rings. The SMILES string of the molecule is CSNc1cncc(-c2cc3cccc(-c4ccccc4)c3c(NCc3ccccn3)n2)c1. The monoisotopic (exact) mass is 449 g/mol. The summed E-state index contributed by atoms with van der Waals surface area (Å²) in [6, 6.07) is 26.9.